The molecular weight excluding hydrogens is 570 g/mol. The van der Waals surface area contributed by atoms with Crippen molar-refractivity contribution in [3.63, 3.8) is 0 Å². The molecule has 2 fully saturated rings. The van der Waals surface area contributed by atoms with Crippen molar-refractivity contribution in [2.75, 3.05) is 6.54 Å². The highest BCUT2D eigenvalue weighted by Gasteiger charge is 2.42. The van der Waals surface area contributed by atoms with Gasteiger partial charge in [0.05, 0.1) is 0 Å². The summed E-state index contributed by atoms with van der Waals surface area (Å²) in [5, 5.41) is -1.06. The van der Waals surface area contributed by atoms with E-state index in [-0.39, 0.29) is 49.6 Å². The first-order valence-electron chi connectivity index (χ1n) is 12.6. The number of hydrogen-bond acceptors (Lipinski definition) is 12. The fourth-order valence-electron chi connectivity index (χ4n) is 3.80. The van der Waals surface area contributed by atoms with Crippen molar-refractivity contribution in [1.29, 1.82) is 0 Å². The van der Waals surface area contributed by atoms with Gasteiger partial charge in [-0.1, -0.05) is 27.7 Å². The lowest BCUT2D eigenvalue weighted by molar-refractivity contribution is -0.198. The van der Waals surface area contributed by atoms with Crippen LogP contribution in [0.5, 0.6) is 0 Å². The van der Waals surface area contributed by atoms with Crippen LogP contribution in [-0.2, 0) is 58.1 Å². The Kier molecular flexibility index (Phi) is 11.0. The third kappa shape index (κ3) is 8.75. The molecule has 1 N–H and O–H groups in total. The van der Waals surface area contributed by atoms with Crippen LogP contribution in [0.1, 0.15) is 59.8 Å². The molecule has 2 saturated heterocycles. The molecule has 0 aromatic carbocycles. The highest BCUT2D eigenvalue weighted by Crippen LogP contribution is 2.22. The summed E-state index contributed by atoms with van der Waals surface area (Å²) in [5.41, 5.74) is 0. The minimum absolute atomic E-state index is 0.0224. The standard InChI is InChI=1S/C13H14N2O6.C11H17NO7S/c1-8-7-11(18)15(13(8)20)21-12(19)3-2-6-14-9(16)4-5-10(14)17;1-6(2)4-8(20(16,17)18)11(15)19-12-9(13)5-7(3)10(12)14/h4-5,8H,2-3,6-7H2,1H3;6-8H,4-5H2,1-3H3,(H,16,17,18). The first kappa shape index (κ1) is 33.2. The van der Waals surface area contributed by atoms with Gasteiger partial charge < -0.3 is 9.68 Å². The van der Waals surface area contributed by atoms with E-state index in [9.17, 15) is 46.8 Å². The normalized spacial score (nSPS) is 21.6. The van der Waals surface area contributed by atoms with Crippen LogP contribution in [-0.4, -0.2) is 87.2 Å². The second kappa shape index (κ2) is 13.6. The predicted molar refractivity (Wildman–Crippen MR) is 133 cm³/mol. The first-order chi connectivity index (χ1) is 18.9. The van der Waals surface area contributed by atoms with Crippen LogP contribution < -0.4 is 0 Å². The molecule has 3 atom stereocenters. The number of hydroxylamine groups is 4. The lowest BCUT2D eigenvalue weighted by Crippen LogP contribution is -2.40. The highest BCUT2D eigenvalue weighted by atomic mass is 32.2. The van der Waals surface area contributed by atoms with E-state index in [2.05, 4.69) is 4.84 Å². The van der Waals surface area contributed by atoms with E-state index in [0.717, 1.165) is 17.1 Å². The molecule has 0 spiro atoms. The second-order valence-electron chi connectivity index (χ2n) is 10.0. The Hall–Kier alpha value is -3.99. The molecule has 0 aliphatic carbocycles. The van der Waals surface area contributed by atoms with E-state index < -0.39 is 74.6 Å². The molecule has 3 unspecified atom stereocenters. The van der Waals surface area contributed by atoms with Gasteiger partial charge in [0, 0.05) is 49.8 Å². The zero-order valence-corrected chi connectivity index (χ0v) is 23.6. The maximum Gasteiger partial charge on any atom is 0.353 e. The summed E-state index contributed by atoms with van der Waals surface area (Å²) < 4.78 is 31.4. The van der Waals surface area contributed by atoms with Gasteiger partial charge in [-0.2, -0.15) is 8.42 Å². The third-order valence-electron chi connectivity index (χ3n) is 6.00. The molecular formula is C24H31N3O13S. The van der Waals surface area contributed by atoms with Crippen LogP contribution in [0.3, 0.4) is 0 Å². The van der Waals surface area contributed by atoms with Gasteiger partial charge in [-0.3, -0.25) is 38.2 Å². The number of amides is 6. The van der Waals surface area contributed by atoms with Gasteiger partial charge >= 0.3 is 11.9 Å². The number of carbonyl (C=O) groups is 8. The Morgan fingerprint density at radius 2 is 1.37 bits per heavy atom. The van der Waals surface area contributed by atoms with Crippen LogP contribution in [0.25, 0.3) is 0 Å². The summed E-state index contributed by atoms with van der Waals surface area (Å²) >= 11 is 0. The summed E-state index contributed by atoms with van der Waals surface area (Å²) in [6.45, 7) is 6.45. The maximum atomic E-state index is 11.8. The number of hydrogen-bond donors (Lipinski definition) is 1. The number of carbonyl (C=O) groups excluding carboxylic acids is 8. The molecule has 3 rings (SSSR count). The fourth-order valence-corrected chi connectivity index (χ4v) is 4.71. The van der Waals surface area contributed by atoms with E-state index >= 15 is 0 Å². The lowest BCUT2D eigenvalue weighted by Gasteiger charge is -2.18. The molecule has 3 aliphatic rings. The summed E-state index contributed by atoms with van der Waals surface area (Å²) in [4.78, 5) is 102. The van der Waals surface area contributed by atoms with E-state index in [4.69, 9.17) is 9.39 Å². The molecule has 41 heavy (non-hydrogen) atoms. The average molecular weight is 602 g/mol. The number of imide groups is 3. The third-order valence-corrected chi connectivity index (χ3v) is 7.11. The Bertz CT molecular complexity index is 1260. The number of nitrogens with zero attached hydrogens (tertiary/aromatic N) is 3. The summed E-state index contributed by atoms with van der Waals surface area (Å²) in [7, 11) is -4.67. The molecule has 0 aromatic rings. The Morgan fingerprint density at radius 3 is 1.76 bits per heavy atom. The zero-order chi connectivity index (χ0) is 31.2. The SMILES string of the molecule is CC(C)CC(C(=O)ON1C(=O)CC(C)C1=O)S(=O)(=O)O.CC1CC(=O)N(OC(=O)CCCN2C(=O)C=CC2=O)C1=O. The minimum Gasteiger partial charge on any atom is -0.330 e. The van der Waals surface area contributed by atoms with Gasteiger partial charge in [-0.05, 0) is 18.8 Å². The summed E-state index contributed by atoms with van der Waals surface area (Å²) in [5.74, 6) is -6.76. The molecule has 0 aromatic heterocycles. The molecule has 16 nitrogen and oxygen atoms in total. The van der Waals surface area contributed by atoms with Crippen molar-refractivity contribution in [2.45, 2.75) is 65.0 Å². The molecule has 226 valence electrons. The van der Waals surface area contributed by atoms with Gasteiger partial charge in [0.2, 0.25) is 0 Å². The maximum absolute atomic E-state index is 11.8. The van der Waals surface area contributed by atoms with Crippen LogP contribution in [0, 0.1) is 17.8 Å². The molecule has 6 amide bonds. The predicted octanol–water partition coefficient (Wildman–Crippen LogP) is -0.313. The van der Waals surface area contributed by atoms with Crippen LogP contribution >= 0.6 is 0 Å². The molecule has 0 radical (unpaired) electrons. The van der Waals surface area contributed by atoms with E-state index in [0.29, 0.717) is 5.06 Å². The average Bonchev–Trinajstić information content (AvgIpc) is 3.40. The molecule has 3 aliphatic heterocycles. The summed E-state index contributed by atoms with van der Waals surface area (Å²) in [6.07, 6.45) is 2.14. The fraction of sp³-hybridized carbons (Fsp3) is 0.583. The van der Waals surface area contributed by atoms with Gasteiger partial charge in [0.25, 0.3) is 45.6 Å². The second-order valence-corrected chi connectivity index (χ2v) is 11.6. The largest absolute Gasteiger partial charge is 0.353 e. The van der Waals surface area contributed by atoms with Gasteiger partial charge in [-0.25, -0.2) is 9.59 Å². The minimum atomic E-state index is -4.67. The summed E-state index contributed by atoms with van der Waals surface area (Å²) in [6, 6.07) is 0. The van der Waals surface area contributed by atoms with Gasteiger partial charge in [-0.15, -0.1) is 10.1 Å². The van der Waals surface area contributed by atoms with E-state index in [1.54, 1.807) is 20.8 Å². The topological polar surface area (TPSA) is 219 Å². The van der Waals surface area contributed by atoms with Gasteiger partial charge in [0.1, 0.15) is 0 Å². The Balaban J connectivity index is 0.000000287. The highest BCUT2D eigenvalue weighted by molar-refractivity contribution is 7.87. The lowest BCUT2D eigenvalue weighted by atomic mass is 10.1. The van der Waals surface area contributed by atoms with E-state index in [1.165, 1.54) is 6.92 Å². The van der Waals surface area contributed by atoms with Crippen molar-refractivity contribution in [3.8, 4) is 0 Å². The van der Waals surface area contributed by atoms with Crippen molar-refractivity contribution in [2.24, 2.45) is 17.8 Å². The van der Waals surface area contributed by atoms with Crippen molar-refractivity contribution in [1.82, 2.24) is 15.0 Å². The van der Waals surface area contributed by atoms with Crippen LogP contribution in [0.15, 0.2) is 12.2 Å². The quantitative estimate of drug-likeness (QED) is 0.251. The van der Waals surface area contributed by atoms with E-state index in [1.807, 2.05) is 0 Å². The van der Waals surface area contributed by atoms with Crippen LogP contribution in [0.4, 0.5) is 0 Å². The molecule has 0 bridgehead atoms. The van der Waals surface area contributed by atoms with Crippen molar-refractivity contribution in [3.05, 3.63) is 12.2 Å². The smallest absolute Gasteiger partial charge is 0.330 e. The Morgan fingerprint density at radius 1 is 0.902 bits per heavy atom. The monoisotopic (exact) mass is 601 g/mol. The Labute approximate surface area is 235 Å². The van der Waals surface area contributed by atoms with Crippen molar-refractivity contribution >= 4 is 57.5 Å². The van der Waals surface area contributed by atoms with Crippen LogP contribution in [0.2, 0.25) is 0 Å². The zero-order valence-electron chi connectivity index (χ0n) is 22.8. The molecule has 17 heteroatoms. The first-order valence-corrected chi connectivity index (χ1v) is 14.1. The molecule has 0 saturated carbocycles. The molecule has 3 heterocycles. The van der Waals surface area contributed by atoms with Gasteiger partial charge in [0.15, 0.2) is 5.25 Å². The number of rotatable bonds is 10. The van der Waals surface area contributed by atoms with Crippen molar-refractivity contribution < 1.29 is 61.0 Å².